The van der Waals surface area contributed by atoms with Crippen molar-refractivity contribution < 1.29 is 9.59 Å². The Kier molecular flexibility index (Phi) is 12.1. The molecular formula is C32H38BrClN6O2. The minimum atomic E-state index is -0.644. The number of benzene rings is 3. The van der Waals surface area contributed by atoms with Gasteiger partial charge in [0, 0.05) is 22.1 Å². The van der Waals surface area contributed by atoms with Crippen LogP contribution in [0.5, 0.6) is 0 Å². The molecule has 1 fully saturated rings. The number of rotatable bonds is 11. The first-order chi connectivity index (χ1) is 19.7. The standard InChI is InChI=1S/C32H37BrN6O2.ClH/c33-26-8-4-7-25(18-26)27(17-20-9-13-23(14-10-20)29(34)35)31(40)39-28(22-5-2-1-3-6-22)32(41)38-19-21-11-15-24(16-12-21)30(36)37;/h4,7-16,18,22,27-28H,1-3,5-6,17,19H2,(H3,34,35)(H3,36,37)(H,38,41)(H,39,40);1H/t27?,28-;/m0./s1. The molecule has 0 bridgehead atoms. The molecule has 0 saturated heterocycles. The van der Waals surface area contributed by atoms with Crippen LogP contribution in [0.2, 0.25) is 0 Å². The lowest BCUT2D eigenvalue weighted by atomic mass is 9.82. The van der Waals surface area contributed by atoms with Crippen LogP contribution in [0.4, 0.5) is 0 Å². The Morgan fingerprint density at radius 1 is 0.833 bits per heavy atom. The molecule has 1 unspecified atom stereocenters. The van der Waals surface area contributed by atoms with Gasteiger partial charge in [0.1, 0.15) is 17.7 Å². The Bertz CT molecular complexity index is 1390. The first-order valence-electron chi connectivity index (χ1n) is 13.9. The second-order valence-corrected chi connectivity index (χ2v) is 11.6. The smallest absolute Gasteiger partial charge is 0.243 e. The summed E-state index contributed by atoms with van der Waals surface area (Å²) in [6.07, 6.45) is 5.42. The summed E-state index contributed by atoms with van der Waals surface area (Å²) >= 11 is 3.53. The van der Waals surface area contributed by atoms with Crippen LogP contribution in [0.1, 0.15) is 65.8 Å². The van der Waals surface area contributed by atoms with Crippen molar-refractivity contribution >= 4 is 51.8 Å². The summed E-state index contributed by atoms with van der Waals surface area (Å²) in [5.41, 5.74) is 15.1. The lowest BCUT2D eigenvalue weighted by Crippen LogP contribution is -2.52. The molecule has 2 amide bonds. The number of hydrogen-bond donors (Lipinski definition) is 6. The van der Waals surface area contributed by atoms with Crippen LogP contribution >= 0.6 is 28.3 Å². The van der Waals surface area contributed by atoms with Crippen molar-refractivity contribution in [3.8, 4) is 0 Å². The summed E-state index contributed by atoms with van der Waals surface area (Å²) in [6, 6.07) is 21.6. The zero-order chi connectivity index (χ0) is 29.4. The second-order valence-electron chi connectivity index (χ2n) is 10.6. The van der Waals surface area contributed by atoms with E-state index >= 15 is 0 Å². The largest absolute Gasteiger partial charge is 0.384 e. The van der Waals surface area contributed by atoms with E-state index in [1.54, 1.807) is 24.3 Å². The predicted octanol–water partition coefficient (Wildman–Crippen LogP) is 5.15. The van der Waals surface area contributed by atoms with E-state index in [0.29, 0.717) is 24.1 Å². The highest BCUT2D eigenvalue weighted by Gasteiger charge is 2.33. The van der Waals surface area contributed by atoms with Crippen molar-refractivity contribution in [1.82, 2.24) is 10.6 Å². The van der Waals surface area contributed by atoms with Crippen molar-refractivity contribution in [2.24, 2.45) is 17.4 Å². The highest BCUT2D eigenvalue weighted by atomic mass is 79.9. The van der Waals surface area contributed by atoms with E-state index in [9.17, 15) is 9.59 Å². The number of carbonyl (C=O) groups is 2. The molecule has 222 valence electrons. The van der Waals surface area contributed by atoms with Gasteiger partial charge < -0.3 is 22.1 Å². The van der Waals surface area contributed by atoms with Crippen molar-refractivity contribution in [3.05, 3.63) is 105 Å². The Hall–Kier alpha value is -3.69. The van der Waals surface area contributed by atoms with E-state index in [0.717, 1.165) is 53.3 Å². The van der Waals surface area contributed by atoms with E-state index in [4.69, 9.17) is 22.3 Å². The molecule has 0 aliphatic heterocycles. The molecule has 10 heteroatoms. The van der Waals surface area contributed by atoms with Gasteiger partial charge in [-0.3, -0.25) is 20.4 Å². The quantitative estimate of drug-likeness (QED) is 0.125. The van der Waals surface area contributed by atoms with E-state index in [1.165, 1.54) is 0 Å². The number of carbonyl (C=O) groups excluding carboxylic acids is 2. The lowest BCUT2D eigenvalue weighted by molar-refractivity contribution is -0.131. The molecule has 1 saturated carbocycles. The number of hydrogen-bond acceptors (Lipinski definition) is 4. The lowest BCUT2D eigenvalue weighted by Gasteiger charge is -2.31. The normalized spacial score (nSPS) is 14.6. The third-order valence-corrected chi connectivity index (χ3v) is 8.20. The molecule has 3 aromatic carbocycles. The third-order valence-electron chi connectivity index (χ3n) is 7.71. The van der Waals surface area contributed by atoms with Gasteiger partial charge in [0.15, 0.2) is 0 Å². The van der Waals surface area contributed by atoms with Gasteiger partial charge in [-0.1, -0.05) is 95.9 Å². The molecule has 2 atom stereocenters. The Morgan fingerprint density at radius 2 is 1.40 bits per heavy atom. The van der Waals surface area contributed by atoms with Gasteiger partial charge in [-0.15, -0.1) is 12.4 Å². The fraction of sp³-hybridized carbons (Fsp3) is 0.312. The van der Waals surface area contributed by atoms with Crippen LogP contribution in [-0.2, 0) is 22.6 Å². The topological polar surface area (TPSA) is 158 Å². The van der Waals surface area contributed by atoms with E-state index in [2.05, 4.69) is 26.6 Å². The molecule has 0 radical (unpaired) electrons. The van der Waals surface area contributed by atoms with Crippen molar-refractivity contribution in [2.45, 2.75) is 57.0 Å². The molecule has 8 nitrogen and oxygen atoms in total. The van der Waals surface area contributed by atoms with E-state index < -0.39 is 12.0 Å². The minimum Gasteiger partial charge on any atom is -0.384 e. The first kappa shape index (κ1) is 32.8. The van der Waals surface area contributed by atoms with Crippen molar-refractivity contribution in [1.29, 1.82) is 10.8 Å². The number of amides is 2. The molecule has 0 spiro atoms. The molecule has 1 aliphatic rings. The van der Waals surface area contributed by atoms with Crippen LogP contribution in [0.25, 0.3) is 0 Å². The van der Waals surface area contributed by atoms with Crippen LogP contribution in [-0.4, -0.2) is 29.5 Å². The Balaban J connectivity index is 0.00000484. The molecule has 3 aromatic rings. The van der Waals surface area contributed by atoms with Gasteiger partial charge in [0.05, 0.1) is 5.92 Å². The average Bonchev–Trinajstić information content (AvgIpc) is 2.98. The van der Waals surface area contributed by atoms with Crippen molar-refractivity contribution in [2.75, 3.05) is 0 Å². The maximum Gasteiger partial charge on any atom is 0.243 e. The summed E-state index contributed by atoms with van der Waals surface area (Å²) in [5, 5.41) is 21.4. The molecule has 8 N–H and O–H groups in total. The summed E-state index contributed by atoms with van der Waals surface area (Å²) in [4.78, 5) is 27.6. The predicted molar refractivity (Wildman–Crippen MR) is 173 cm³/mol. The Labute approximate surface area is 261 Å². The number of nitrogens with two attached hydrogens (primary N) is 2. The molecular weight excluding hydrogens is 616 g/mol. The number of amidine groups is 2. The average molecular weight is 654 g/mol. The van der Waals surface area contributed by atoms with Gasteiger partial charge in [-0.05, 0) is 54.0 Å². The molecule has 4 rings (SSSR count). The summed E-state index contributed by atoms with van der Waals surface area (Å²) in [6.45, 7) is 0.313. The Morgan fingerprint density at radius 3 is 1.95 bits per heavy atom. The molecule has 42 heavy (non-hydrogen) atoms. The summed E-state index contributed by atoms with van der Waals surface area (Å²) in [5.74, 6) is -0.862. The molecule has 0 aromatic heterocycles. The second kappa shape index (κ2) is 15.5. The summed E-state index contributed by atoms with van der Waals surface area (Å²) < 4.78 is 0.872. The SMILES string of the molecule is Cl.N=C(N)c1ccc(CNC(=O)[C@@H](NC(=O)C(Cc2ccc(C(=N)N)cc2)c2cccc(Br)c2)C2CCCCC2)cc1. The third kappa shape index (κ3) is 8.90. The fourth-order valence-corrected chi connectivity index (χ4v) is 5.78. The van der Waals surface area contributed by atoms with Crippen molar-refractivity contribution in [3.63, 3.8) is 0 Å². The van der Waals surface area contributed by atoms with Gasteiger partial charge in [-0.25, -0.2) is 0 Å². The number of nitrogen functional groups attached to an aromatic ring is 2. The van der Waals surface area contributed by atoms with Gasteiger partial charge in [0.25, 0.3) is 0 Å². The van der Waals surface area contributed by atoms with Crippen LogP contribution < -0.4 is 22.1 Å². The van der Waals surface area contributed by atoms with Gasteiger partial charge in [-0.2, -0.15) is 0 Å². The highest BCUT2D eigenvalue weighted by Crippen LogP contribution is 2.29. The summed E-state index contributed by atoms with van der Waals surface area (Å²) in [7, 11) is 0. The van der Waals surface area contributed by atoms with E-state index in [1.807, 2.05) is 48.5 Å². The first-order valence-corrected chi connectivity index (χ1v) is 14.7. The van der Waals surface area contributed by atoms with Crippen LogP contribution in [0, 0.1) is 16.7 Å². The van der Waals surface area contributed by atoms with Crippen LogP contribution in [0.3, 0.4) is 0 Å². The monoisotopic (exact) mass is 652 g/mol. The number of nitrogens with one attached hydrogen (secondary N) is 4. The maximum absolute atomic E-state index is 14.0. The highest BCUT2D eigenvalue weighted by molar-refractivity contribution is 9.10. The van der Waals surface area contributed by atoms with Gasteiger partial charge in [0.2, 0.25) is 11.8 Å². The fourth-order valence-electron chi connectivity index (χ4n) is 5.36. The zero-order valence-corrected chi connectivity index (χ0v) is 25.8. The minimum absolute atomic E-state index is 0. The maximum atomic E-state index is 14.0. The molecule has 1 aliphatic carbocycles. The van der Waals surface area contributed by atoms with E-state index in [-0.39, 0.29) is 41.8 Å². The van der Waals surface area contributed by atoms with Gasteiger partial charge >= 0.3 is 0 Å². The van der Waals surface area contributed by atoms with Crippen LogP contribution in [0.15, 0.2) is 77.3 Å². The zero-order valence-electron chi connectivity index (χ0n) is 23.4. The molecule has 0 heterocycles. The number of halogens is 2.